The maximum atomic E-state index is 4.62. The summed E-state index contributed by atoms with van der Waals surface area (Å²) in [6.45, 7) is 8.04. The normalized spacial score (nSPS) is 15.4. The molecule has 3 heterocycles. The zero-order chi connectivity index (χ0) is 18.3. The van der Waals surface area contributed by atoms with E-state index in [2.05, 4.69) is 64.9 Å². The minimum Gasteiger partial charge on any atom is -0.334 e. The molecule has 0 radical (unpaired) electrons. The molecule has 5 nitrogen and oxygen atoms in total. The van der Waals surface area contributed by atoms with Crippen molar-refractivity contribution in [1.29, 1.82) is 0 Å². The maximum Gasteiger partial charge on any atom is 0.134 e. The van der Waals surface area contributed by atoms with E-state index in [1.807, 2.05) is 24.1 Å². The van der Waals surface area contributed by atoms with Crippen LogP contribution in [0.5, 0.6) is 0 Å². The van der Waals surface area contributed by atoms with E-state index in [9.17, 15) is 0 Å². The average Bonchev–Trinajstić information content (AvgIpc) is 3.00. The topological polar surface area (TPSA) is 37.2 Å². The highest BCUT2D eigenvalue weighted by molar-refractivity contribution is 5.79. The van der Waals surface area contributed by atoms with Crippen molar-refractivity contribution in [3.05, 3.63) is 47.9 Å². The fourth-order valence-corrected chi connectivity index (χ4v) is 3.89. The summed E-state index contributed by atoms with van der Waals surface area (Å²) >= 11 is 0. The first-order valence-corrected chi connectivity index (χ1v) is 9.40. The largest absolute Gasteiger partial charge is 0.334 e. The number of pyridine rings is 1. The minimum absolute atomic E-state index is 0.846. The molecule has 1 aromatic carbocycles. The number of likely N-dealkylation sites (tertiary alicyclic amines) is 1. The number of rotatable bonds is 5. The highest BCUT2D eigenvalue weighted by Gasteiger charge is 2.22. The lowest BCUT2D eigenvalue weighted by Crippen LogP contribution is -2.44. The summed E-state index contributed by atoms with van der Waals surface area (Å²) in [6.07, 6.45) is 4.70. The van der Waals surface area contributed by atoms with Crippen molar-refractivity contribution in [3.63, 3.8) is 0 Å². The zero-order valence-corrected chi connectivity index (χ0v) is 16.1. The molecule has 1 aliphatic heterocycles. The average molecular weight is 349 g/mol. The third kappa shape index (κ3) is 3.07. The first-order chi connectivity index (χ1) is 12.5. The van der Waals surface area contributed by atoms with Crippen LogP contribution in [0.3, 0.4) is 0 Å². The molecular weight excluding hydrogens is 322 g/mol. The second-order valence-corrected chi connectivity index (χ2v) is 7.56. The molecule has 1 aliphatic rings. The molecule has 5 heteroatoms. The molecule has 136 valence electrons. The number of aryl methyl sites for hydroxylation is 2. The summed E-state index contributed by atoms with van der Waals surface area (Å²) < 4.78 is 2.03. The van der Waals surface area contributed by atoms with Crippen LogP contribution in [0.25, 0.3) is 11.0 Å². The van der Waals surface area contributed by atoms with Gasteiger partial charge in [0.1, 0.15) is 11.3 Å². The monoisotopic (exact) mass is 349 g/mol. The summed E-state index contributed by atoms with van der Waals surface area (Å²) in [5.41, 5.74) is 6.02. The molecular formula is C21H27N5. The molecule has 1 saturated heterocycles. The quantitative estimate of drug-likeness (QED) is 0.703. The highest BCUT2D eigenvalue weighted by Crippen LogP contribution is 2.29. The fraction of sp³-hybridized carbons (Fsp3) is 0.429. The maximum absolute atomic E-state index is 4.62. The first-order valence-electron chi connectivity index (χ1n) is 9.40. The van der Waals surface area contributed by atoms with Crippen molar-refractivity contribution in [2.75, 3.05) is 25.0 Å². The summed E-state index contributed by atoms with van der Waals surface area (Å²) in [7, 11) is 4.11. The van der Waals surface area contributed by atoms with E-state index in [4.69, 9.17) is 0 Å². The van der Waals surface area contributed by atoms with E-state index < -0.39 is 0 Å². The number of hydrogen-bond acceptors (Lipinski definition) is 4. The molecule has 0 atom stereocenters. The number of fused-ring (bicyclic) bond motifs is 1. The van der Waals surface area contributed by atoms with Crippen LogP contribution >= 0.6 is 0 Å². The van der Waals surface area contributed by atoms with Gasteiger partial charge < -0.3 is 9.47 Å². The van der Waals surface area contributed by atoms with E-state index in [1.54, 1.807) is 0 Å². The van der Waals surface area contributed by atoms with Gasteiger partial charge in [-0.2, -0.15) is 0 Å². The third-order valence-electron chi connectivity index (χ3n) is 5.37. The van der Waals surface area contributed by atoms with Gasteiger partial charge in [0.25, 0.3) is 0 Å². The summed E-state index contributed by atoms with van der Waals surface area (Å²) in [5.74, 6) is 1.79. The highest BCUT2D eigenvalue weighted by atomic mass is 15.2. The second kappa shape index (κ2) is 6.72. The predicted molar refractivity (Wildman–Crippen MR) is 107 cm³/mol. The molecule has 0 spiro atoms. The molecule has 0 unspecified atom stereocenters. The summed E-state index contributed by atoms with van der Waals surface area (Å²) in [5, 5.41) is 0. The van der Waals surface area contributed by atoms with Crippen LogP contribution in [0.4, 0.5) is 11.5 Å². The van der Waals surface area contributed by atoms with Gasteiger partial charge in [-0.25, -0.2) is 9.97 Å². The molecule has 26 heavy (non-hydrogen) atoms. The van der Waals surface area contributed by atoms with Crippen LogP contribution in [0.1, 0.15) is 25.0 Å². The van der Waals surface area contributed by atoms with Crippen LogP contribution in [-0.2, 0) is 20.0 Å². The summed E-state index contributed by atoms with van der Waals surface area (Å²) in [4.78, 5) is 13.7. The number of hydrogen-bond donors (Lipinski definition) is 0. The smallest absolute Gasteiger partial charge is 0.134 e. The molecule has 0 aliphatic carbocycles. The van der Waals surface area contributed by atoms with Crippen LogP contribution in [-0.4, -0.2) is 39.6 Å². The van der Waals surface area contributed by atoms with E-state index in [0.717, 1.165) is 35.7 Å². The second-order valence-electron chi connectivity index (χ2n) is 7.56. The van der Waals surface area contributed by atoms with Crippen LogP contribution in [0.2, 0.25) is 0 Å². The standard InChI is InChI=1S/C21H27N5/c1-5-17-8-16(13-26-11-15(2)12-26)6-7-19(17)25(4)21-9-20-18(10-22-21)23-14-24(20)3/h6-10,14-15H,5,11-13H2,1-4H3. The zero-order valence-electron chi connectivity index (χ0n) is 16.1. The number of benzene rings is 1. The Morgan fingerprint density at radius 3 is 2.73 bits per heavy atom. The lowest BCUT2D eigenvalue weighted by atomic mass is 10.00. The number of aromatic nitrogens is 3. The molecule has 0 amide bonds. The van der Waals surface area contributed by atoms with E-state index in [0.29, 0.717) is 0 Å². The fourth-order valence-electron chi connectivity index (χ4n) is 3.89. The van der Waals surface area contributed by atoms with Gasteiger partial charge in [-0.15, -0.1) is 0 Å². The van der Waals surface area contributed by atoms with Crippen LogP contribution in [0, 0.1) is 5.92 Å². The number of anilines is 2. The molecule has 2 aromatic heterocycles. The van der Waals surface area contributed by atoms with Gasteiger partial charge in [0.2, 0.25) is 0 Å². The Balaban J connectivity index is 1.61. The predicted octanol–water partition coefficient (Wildman–Crippen LogP) is 3.75. The molecule has 3 aromatic rings. The Hall–Kier alpha value is -2.40. The lowest BCUT2D eigenvalue weighted by molar-refractivity contribution is 0.105. The lowest BCUT2D eigenvalue weighted by Gasteiger charge is -2.37. The van der Waals surface area contributed by atoms with Gasteiger partial charge in [0, 0.05) is 45.5 Å². The molecule has 4 rings (SSSR count). The molecule has 1 fully saturated rings. The van der Waals surface area contributed by atoms with Gasteiger partial charge in [-0.05, 0) is 29.5 Å². The molecule has 0 N–H and O–H groups in total. The number of imidazole rings is 1. The Kier molecular flexibility index (Phi) is 4.41. The van der Waals surface area contributed by atoms with Crippen LogP contribution in [0.15, 0.2) is 36.8 Å². The van der Waals surface area contributed by atoms with Crippen molar-refractivity contribution in [2.24, 2.45) is 13.0 Å². The van der Waals surface area contributed by atoms with Crippen molar-refractivity contribution in [3.8, 4) is 0 Å². The minimum atomic E-state index is 0.846. The molecule has 0 bridgehead atoms. The molecule has 0 saturated carbocycles. The van der Waals surface area contributed by atoms with Gasteiger partial charge in [0.05, 0.1) is 18.0 Å². The van der Waals surface area contributed by atoms with Crippen molar-refractivity contribution < 1.29 is 0 Å². The Bertz CT molecular complexity index is 923. The van der Waals surface area contributed by atoms with Gasteiger partial charge in [0.15, 0.2) is 0 Å². The van der Waals surface area contributed by atoms with Gasteiger partial charge in [-0.3, -0.25) is 4.90 Å². The van der Waals surface area contributed by atoms with E-state index in [-0.39, 0.29) is 0 Å². The van der Waals surface area contributed by atoms with Gasteiger partial charge in [-0.1, -0.05) is 26.0 Å². The third-order valence-corrected chi connectivity index (χ3v) is 5.37. The SMILES string of the molecule is CCc1cc(CN2CC(C)C2)ccc1N(C)c1cc2c(cn1)ncn2C. The number of nitrogens with zero attached hydrogens (tertiary/aromatic N) is 5. The van der Waals surface area contributed by atoms with Gasteiger partial charge >= 0.3 is 0 Å². The Morgan fingerprint density at radius 1 is 1.19 bits per heavy atom. The van der Waals surface area contributed by atoms with Crippen molar-refractivity contribution in [2.45, 2.75) is 26.8 Å². The van der Waals surface area contributed by atoms with Crippen molar-refractivity contribution in [1.82, 2.24) is 19.4 Å². The van der Waals surface area contributed by atoms with E-state index in [1.165, 1.54) is 29.9 Å². The Morgan fingerprint density at radius 2 is 2.00 bits per heavy atom. The van der Waals surface area contributed by atoms with E-state index >= 15 is 0 Å². The Labute approximate surface area is 155 Å². The summed E-state index contributed by atoms with van der Waals surface area (Å²) in [6, 6.07) is 8.97. The van der Waals surface area contributed by atoms with Crippen molar-refractivity contribution >= 4 is 22.5 Å². The van der Waals surface area contributed by atoms with Crippen LogP contribution < -0.4 is 4.90 Å². The first kappa shape index (κ1) is 17.0.